The molecule has 0 aliphatic carbocycles. The molecule has 12 rings (SSSR count). The summed E-state index contributed by atoms with van der Waals surface area (Å²) in [5.74, 6) is 2.46. The van der Waals surface area contributed by atoms with E-state index in [-0.39, 0.29) is 0 Å². The van der Waals surface area contributed by atoms with Crippen LogP contribution in [0.3, 0.4) is 0 Å². The van der Waals surface area contributed by atoms with Gasteiger partial charge in [-0.25, -0.2) is 15.0 Å². The first-order valence-corrected chi connectivity index (χ1v) is 20.7. The van der Waals surface area contributed by atoms with Crippen molar-refractivity contribution in [2.24, 2.45) is 0 Å². The molecule has 290 valence electrons. The fourth-order valence-electron chi connectivity index (χ4n) is 8.72. The van der Waals surface area contributed by atoms with Crippen molar-refractivity contribution in [3.05, 3.63) is 212 Å². The maximum Gasteiger partial charge on any atom is 0.238 e. The molecule has 8 aromatic carbocycles. The molecule has 0 aliphatic heterocycles. The molecule has 0 atom stereocenters. The van der Waals surface area contributed by atoms with Crippen LogP contribution >= 0.6 is 0 Å². The number of nitrogens with zero attached hydrogens (tertiary/aromatic N) is 7. The van der Waals surface area contributed by atoms with E-state index in [1.54, 1.807) is 0 Å². The molecule has 62 heavy (non-hydrogen) atoms. The molecular weight excluding hydrogens is 759 g/mol. The zero-order chi connectivity index (χ0) is 41.0. The van der Waals surface area contributed by atoms with E-state index in [2.05, 4.69) is 124 Å². The van der Waals surface area contributed by atoms with E-state index in [1.165, 1.54) is 0 Å². The highest BCUT2D eigenvalue weighted by molar-refractivity contribution is 6.23. The van der Waals surface area contributed by atoms with Gasteiger partial charge >= 0.3 is 0 Å². The molecule has 0 fully saturated rings. The maximum absolute atomic E-state index is 5.26. The van der Waals surface area contributed by atoms with Gasteiger partial charge in [-0.1, -0.05) is 182 Å². The largest absolute Gasteiger partial charge is 0.307 e. The molecule has 0 spiro atoms. The van der Waals surface area contributed by atoms with E-state index in [9.17, 15) is 0 Å². The van der Waals surface area contributed by atoms with E-state index >= 15 is 0 Å². The predicted octanol–water partition coefficient (Wildman–Crippen LogP) is 13.2. The number of fused-ring (bicyclic) bond motifs is 7. The monoisotopic (exact) mass is 793 g/mol. The Morgan fingerprint density at radius 2 is 0.661 bits per heavy atom. The van der Waals surface area contributed by atoms with Crippen molar-refractivity contribution in [3.8, 4) is 68.3 Å². The first kappa shape index (κ1) is 35.4. The molecule has 0 radical (unpaired) electrons. The number of benzene rings is 8. The average molecular weight is 794 g/mol. The lowest BCUT2D eigenvalue weighted by molar-refractivity contribution is 0.953. The average Bonchev–Trinajstić information content (AvgIpc) is 3.88. The van der Waals surface area contributed by atoms with Gasteiger partial charge in [-0.15, -0.1) is 0 Å². The first-order chi connectivity index (χ1) is 30.7. The number of hydrogen-bond donors (Lipinski definition) is 0. The van der Waals surface area contributed by atoms with Crippen LogP contribution in [0.4, 0.5) is 0 Å². The van der Waals surface area contributed by atoms with Gasteiger partial charge in [0.25, 0.3) is 0 Å². The highest BCUT2D eigenvalue weighted by Gasteiger charge is 2.23. The van der Waals surface area contributed by atoms with Crippen molar-refractivity contribution < 1.29 is 0 Å². The maximum atomic E-state index is 5.26. The second kappa shape index (κ2) is 14.6. The van der Waals surface area contributed by atoms with Gasteiger partial charge in [-0.3, -0.25) is 4.57 Å². The summed E-state index contributed by atoms with van der Waals surface area (Å²) in [7, 11) is 0. The highest BCUT2D eigenvalue weighted by atomic mass is 15.2. The lowest BCUT2D eigenvalue weighted by atomic mass is 10.1. The molecule has 12 aromatic rings. The van der Waals surface area contributed by atoms with Gasteiger partial charge in [0, 0.05) is 55.0 Å². The van der Waals surface area contributed by atoms with Crippen molar-refractivity contribution >= 4 is 43.6 Å². The molecule has 0 saturated heterocycles. The fraction of sp³-hybridized carbons (Fsp3) is 0. The van der Waals surface area contributed by atoms with Gasteiger partial charge in [-0.05, 0) is 30.3 Å². The van der Waals surface area contributed by atoms with Gasteiger partial charge in [0.1, 0.15) is 0 Å². The lowest BCUT2D eigenvalue weighted by Crippen LogP contribution is -2.07. The summed E-state index contributed by atoms with van der Waals surface area (Å²) in [6.07, 6.45) is 0. The summed E-state index contributed by atoms with van der Waals surface area (Å²) >= 11 is 0. The molecule has 0 saturated carbocycles. The van der Waals surface area contributed by atoms with E-state index < -0.39 is 0 Å². The van der Waals surface area contributed by atoms with Crippen LogP contribution in [0.15, 0.2) is 212 Å². The molecule has 0 bridgehead atoms. The van der Waals surface area contributed by atoms with Crippen molar-refractivity contribution in [1.29, 1.82) is 0 Å². The quantitative estimate of drug-likeness (QED) is 0.161. The Hall–Kier alpha value is -8.55. The number of hydrogen-bond acceptors (Lipinski definition) is 5. The van der Waals surface area contributed by atoms with Gasteiger partial charge in [0.05, 0.1) is 33.5 Å². The zero-order valence-corrected chi connectivity index (χ0v) is 33.3. The third-order valence-corrected chi connectivity index (χ3v) is 11.6. The Bertz CT molecular complexity index is 3480. The van der Waals surface area contributed by atoms with E-state index in [0.717, 1.165) is 88.5 Å². The number of para-hydroxylation sites is 2. The molecule has 0 unspecified atom stereocenters. The lowest BCUT2D eigenvalue weighted by Gasteiger charge is -2.14. The van der Waals surface area contributed by atoms with Crippen LogP contribution in [0.2, 0.25) is 0 Å². The summed E-state index contributed by atoms with van der Waals surface area (Å²) in [6, 6.07) is 73.2. The van der Waals surface area contributed by atoms with Gasteiger partial charge < -0.3 is 4.57 Å². The molecule has 0 aliphatic rings. The van der Waals surface area contributed by atoms with Crippen molar-refractivity contribution in [3.63, 3.8) is 0 Å². The van der Waals surface area contributed by atoms with Crippen LogP contribution in [-0.2, 0) is 0 Å². The Labute approximate surface area is 356 Å². The molecular formula is C55H35N7. The van der Waals surface area contributed by atoms with Gasteiger partial charge in [-0.2, -0.15) is 9.97 Å². The van der Waals surface area contributed by atoms with E-state index in [0.29, 0.717) is 23.4 Å². The SMILES string of the molecule is c1ccc(-c2cc(-c3ccc(-n4c5ccccc5c5ccc6c7ccccc7n(-c7nc(-c8ccccc8)nc(-c8ccccc8)n7)c6c54)cc3)nc(-c3ccccc3)n2)cc1. The van der Waals surface area contributed by atoms with Crippen LogP contribution in [0.25, 0.3) is 112 Å². The van der Waals surface area contributed by atoms with Gasteiger partial charge in [0.2, 0.25) is 5.95 Å². The Morgan fingerprint density at radius 3 is 1.16 bits per heavy atom. The smallest absolute Gasteiger partial charge is 0.238 e. The Balaban J connectivity index is 1.10. The van der Waals surface area contributed by atoms with Crippen molar-refractivity contribution in [2.45, 2.75) is 0 Å². The zero-order valence-electron chi connectivity index (χ0n) is 33.3. The predicted molar refractivity (Wildman–Crippen MR) is 251 cm³/mol. The summed E-state index contributed by atoms with van der Waals surface area (Å²) < 4.78 is 4.61. The minimum Gasteiger partial charge on any atom is -0.307 e. The summed E-state index contributed by atoms with van der Waals surface area (Å²) in [4.78, 5) is 25.7. The van der Waals surface area contributed by atoms with Crippen LogP contribution < -0.4 is 0 Å². The van der Waals surface area contributed by atoms with Crippen LogP contribution in [0.5, 0.6) is 0 Å². The fourth-order valence-corrected chi connectivity index (χ4v) is 8.72. The molecule has 7 heteroatoms. The van der Waals surface area contributed by atoms with E-state index in [1.807, 2.05) is 97.1 Å². The van der Waals surface area contributed by atoms with E-state index in [4.69, 9.17) is 24.9 Å². The minimum atomic E-state index is 0.552. The second-order valence-electron chi connectivity index (χ2n) is 15.3. The second-order valence-corrected chi connectivity index (χ2v) is 15.3. The Kier molecular flexibility index (Phi) is 8.35. The van der Waals surface area contributed by atoms with Crippen LogP contribution in [0.1, 0.15) is 0 Å². The van der Waals surface area contributed by atoms with Crippen LogP contribution in [0, 0.1) is 0 Å². The normalized spacial score (nSPS) is 11.5. The summed E-state index contributed by atoms with van der Waals surface area (Å²) in [5, 5.41) is 4.52. The summed E-state index contributed by atoms with van der Waals surface area (Å²) in [6.45, 7) is 0. The molecule has 4 aromatic heterocycles. The van der Waals surface area contributed by atoms with Crippen molar-refractivity contribution in [1.82, 2.24) is 34.1 Å². The number of aromatic nitrogens is 7. The third kappa shape index (κ3) is 5.94. The molecule has 0 amide bonds. The Morgan fingerprint density at radius 1 is 0.274 bits per heavy atom. The number of rotatable bonds is 7. The minimum absolute atomic E-state index is 0.552. The van der Waals surface area contributed by atoms with Crippen LogP contribution in [-0.4, -0.2) is 34.1 Å². The first-order valence-electron chi connectivity index (χ1n) is 20.7. The standard InChI is InChI=1S/C55H35N7/c1-5-17-36(18-6-1)46-35-47(57-52(56-46)38-19-7-2-8-20-38)37-29-31-41(32-30-37)61-48-27-15-13-25-42(48)44-33-34-45-43-26-14-16-28-49(43)62(51(45)50(44)61)55-59-53(39-21-9-3-10-22-39)58-54(60-55)40-23-11-4-12-24-40/h1-35H. The molecule has 7 nitrogen and oxygen atoms in total. The topological polar surface area (TPSA) is 74.3 Å². The van der Waals surface area contributed by atoms with Gasteiger partial charge in [0.15, 0.2) is 17.5 Å². The third-order valence-electron chi connectivity index (χ3n) is 11.6. The molecule has 4 heterocycles. The highest BCUT2D eigenvalue weighted by Crippen LogP contribution is 2.42. The summed E-state index contributed by atoms with van der Waals surface area (Å²) in [5.41, 5.74) is 11.8. The van der Waals surface area contributed by atoms with Crippen molar-refractivity contribution in [2.75, 3.05) is 0 Å². The molecule has 0 N–H and O–H groups in total.